The molecule has 14 heteroatoms. The van der Waals surface area contributed by atoms with Crippen LogP contribution in [-0.2, 0) is 22.2 Å². The molecule has 0 aromatic heterocycles. The third-order valence-corrected chi connectivity index (χ3v) is 7.78. The molecule has 1 fully saturated rings. The number of carbonyl (C=O) groups is 2. The predicted molar refractivity (Wildman–Crippen MR) is 140 cm³/mol. The molecule has 0 bridgehead atoms. The van der Waals surface area contributed by atoms with Gasteiger partial charge in [-0.3, -0.25) is 9.59 Å². The summed E-state index contributed by atoms with van der Waals surface area (Å²) in [6, 6.07) is 6.54. The van der Waals surface area contributed by atoms with Crippen LogP contribution in [-0.4, -0.2) is 16.1 Å². The van der Waals surface area contributed by atoms with Crippen LogP contribution in [0.5, 0.6) is 0 Å². The number of aryl methyl sites for hydroxylation is 1. The zero-order valence-corrected chi connectivity index (χ0v) is 22.5. The molecule has 1 aliphatic carbocycles. The summed E-state index contributed by atoms with van der Waals surface area (Å²) in [7, 11) is 0. The van der Waals surface area contributed by atoms with Crippen LogP contribution in [0.4, 0.5) is 43.4 Å². The van der Waals surface area contributed by atoms with Gasteiger partial charge in [-0.25, -0.2) is 13.2 Å². The number of benzene rings is 3. The number of nitrogens with two attached hydrogens (primary N) is 1. The van der Waals surface area contributed by atoms with Crippen LogP contribution in [0.1, 0.15) is 28.2 Å². The van der Waals surface area contributed by atoms with Gasteiger partial charge in [0, 0.05) is 22.7 Å². The maximum absolute atomic E-state index is 14.0. The van der Waals surface area contributed by atoms with Gasteiger partial charge in [0.1, 0.15) is 21.8 Å². The molecule has 4 N–H and O–H groups in total. The van der Waals surface area contributed by atoms with Crippen molar-refractivity contribution in [2.24, 2.45) is 5.92 Å². The summed E-state index contributed by atoms with van der Waals surface area (Å²) in [5.41, 5.74) is 3.94. The molecule has 3 aromatic rings. The molecule has 0 aliphatic heterocycles. The van der Waals surface area contributed by atoms with Crippen molar-refractivity contribution in [3.05, 3.63) is 87.2 Å². The second-order valence-corrected chi connectivity index (χ2v) is 11.0. The maximum atomic E-state index is 14.0. The van der Waals surface area contributed by atoms with E-state index in [-0.39, 0.29) is 39.6 Å². The molecule has 5 nitrogen and oxygen atoms in total. The van der Waals surface area contributed by atoms with E-state index in [0.717, 1.165) is 12.1 Å². The van der Waals surface area contributed by atoms with Gasteiger partial charge in [-0.15, -0.1) is 23.2 Å². The molecule has 4 rings (SSSR count). The van der Waals surface area contributed by atoms with Gasteiger partial charge in [-0.05, 0) is 53.9 Å². The number of nitrogen functional groups attached to an aromatic ring is 1. The highest BCUT2D eigenvalue weighted by atomic mass is 35.5. The Kier molecular flexibility index (Phi) is 7.96. The number of carbonyl (C=O) groups excluding carboxylic acids is 2. The first-order valence-corrected chi connectivity index (χ1v) is 12.5. The summed E-state index contributed by atoms with van der Waals surface area (Å²) in [5.74, 6) is -7.23. The summed E-state index contributed by atoms with van der Waals surface area (Å²) in [6.45, 7) is 1.59. The van der Waals surface area contributed by atoms with Crippen LogP contribution in [0.25, 0.3) is 0 Å². The summed E-state index contributed by atoms with van der Waals surface area (Å²) >= 11 is 18.8. The van der Waals surface area contributed by atoms with Crippen molar-refractivity contribution in [1.29, 1.82) is 0 Å². The van der Waals surface area contributed by atoms with E-state index in [0.29, 0.717) is 23.8 Å². The highest BCUT2D eigenvalue weighted by molar-refractivity contribution is 6.53. The van der Waals surface area contributed by atoms with Gasteiger partial charge in [0.05, 0.1) is 29.3 Å². The Hall–Kier alpha value is -3.15. The lowest BCUT2D eigenvalue weighted by Crippen LogP contribution is -2.19. The van der Waals surface area contributed by atoms with E-state index in [1.165, 1.54) is 12.1 Å². The van der Waals surface area contributed by atoms with Crippen LogP contribution in [0, 0.1) is 30.3 Å². The van der Waals surface area contributed by atoms with Crippen molar-refractivity contribution >= 4 is 63.7 Å². The topological polar surface area (TPSA) is 84.2 Å². The lowest BCUT2D eigenvalue weighted by molar-refractivity contribution is -0.140. The molecule has 212 valence electrons. The van der Waals surface area contributed by atoms with Crippen molar-refractivity contribution < 1.29 is 35.9 Å². The van der Waals surface area contributed by atoms with Gasteiger partial charge in [0.25, 0.3) is 0 Å². The lowest BCUT2D eigenvalue weighted by atomic mass is 10.0. The van der Waals surface area contributed by atoms with Crippen LogP contribution < -0.4 is 16.4 Å². The van der Waals surface area contributed by atoms with Crippen LogP contribution >= 0.6 is 34.8 Å². The van der Waals surface area contributed by atoms with Gasteiger partial charge in [0.2, 0.25) is 11.8 Å². The van der Waals surface area contributed by atoms with Crippen LogP contribution in [0.3, 0.4) is 0 Å². The number of nitrogens with one attached hydrogen (secondary N) is 2. The molecule has 0 radical (unpaired) electrons. The molecule has 2 atom stereocenters. The third kappa shape index (κ3) is 5.96. The molecule has 0 unspecified atom stereocenters. The predicted octanol–water partition coefficient (Wildman–Crippen LogP) is 7.37. The summed E-state index contributed by atoms with van der Waals surface area (Å²) in [6.07, 6.45) is -5.34. The largest absolute Gasteiger partial charge is 0.419 e. The van der Waals surface area contributed by atoms with Crippen molar-refractivity contribution in [3.63, 3.8) is 0 Å². The highest BCUT2D eigenvalue weighted by Gasteiger charge is 2.67. The molecule has 0 spiro atoms. The number of amides is 2. The zero-order valence-electron chi connectivity index (χ0n) is 20.2. The minimum atomic E-state index is -4.97. The Labute approximate surface area is 238 Å². The van der Waals surface area contributed by atoms with Gasteiger partial charge in [-0.1, -0.05) is 17.7 Å². The van der Waals surface area contributed by atoms with E-state index in [2.05, 4.69) is 10.6 Å². The van der Waals surface area contributed by atoms with E-state index >= 15 is 0 Å². The number of alkyl halides is 5. The Bertz CT molecular complexity index is 1530. The maximum Gasteiger partial charge on any atom is 0.419 e. The molecule has 0 saturated heterocycles. The van der Waals surface area contributed by atoms with Crippen LogP contribution in [0.2, 0.25) is 5.02 Å². The zero-order chi connectivity index (χ0) is 29.7. The monoisotopic (exact) mass is 623 g/mol. The summed E-state index contributed by atoms with van der Waals surface area (Å²) < 4.78 is 78.8. The fourth-order valence-electron chi connectivity index (χ4n) is 4.31. The van der Waals surface area contributed by atoms with E-state index < -0.39 is 57.2 Å². The molecule has 1 aliphatic rings. The van der Waals surface area contributed by atoms with Crippen molar-refractivity contribution in [3.8, 4) is 0 Å². The average molecular weight is 625 g/mol. The van der Waals surface area contributed by atoms with Crippen molar-refractivity contribution in [2.75, 3.05) is 16.4 Å². The lowest BCUT2D eigenvalue weighted by Gasteiger charge is -2.13. The van der Waals surface area contributed by atoms with Crippen molar-refractivity contribution in [2.45, 2.75) is 29.8 Å². The first kappa shape index (κ1) is 29.8. The molecule has 2 amide bonds. The van der Waals surface area contributed by atoms with Crippen molar-refractivity contribution in [1.82, 2.24) is 0 Å². The standard InChI is InChI=1S/C26H18Cl3F6N3O2/c1-10-4-13(5-12(23(10)27)7-20(39)38-19-9-18(36)16(31)8-17(19)32)37-24(40)22-21(25(22,28)29)11-2-3-15(30)14(6-11)26(33,34)35/h2-6,8-9,21-22H,7,36H2,1H3,(H,37,40)(H,38,39)/t21-,22+/m0/s1. The Balaban J connectivity index is 1.51. The fourth-order valence-corrected chi connectivity index (χ4v) is 5.32. The Morgan fingerprint density at radius 3 is 2.30 bits per heavy atom. The first-order valence-electron chi connectivity index (χ1n) is 11.4. The van der Waals surface area contributed by atoms with Gasteiger partial charge in [0.15, 0.2) is 0 Å². The van der Waals surface area contributed by atoms with E-state index in [9.17, 15) is 35.9 Å². The minimum absolute atomic E-state index is 0.0721. The number of anilines is 3. The molecule has 0 heterocycles. The molecular formula is C26H18Cl3F6N3O2. The number of hydrogen-bond acceptors (Lipinski definition) is 3. The van der Waals surface area contributed by atoms with Gasteiger partial charge >= 0.3 is 6.18 Å². The molecular weight excluding hydrogens is 607 g/mol. The van der Waals surface area contributed by atoms with E-state index in [1.54, 1.807) is 6.92 Å². The minimum Gasteiger partial charge on any atom is -0.396 e. The van der Waals surface area contributed by atoms with E-state index in [1.807, 2.05) is 0 Å². The first-order chi connectivity index (χ1) is 18.5. The molecule has 3 aromatic carbocycles. The highest BCUT2D eigenvalue weighted by Crippen LogP contribution is 2.65. The smallest absolute Gasteiger partial charge is 0.396 e. The van der Waals surface area contributed by atoms with E-state index in [4.69, 9.17) is 40.5 Å². The second kappa shape index (κ2) is 10.7. The molecule has 40 heavy (non-hydrogen) atoms. The number of rotatable bonds is 6. The average Bonchev–Trinajstić information content (AvgIpc) is 3.42. The quantitative estimate of drug-likeness (QED) is 0.152. The van der Waals surface area contributed by atoms with Crippen LogP contribution in [0.15, 0.2) is 42.5 Å². The normalized spacial score (nSPS) is 17.9. The fraction of sp³-hybridized carbons (Fsp3) is 0.231. The van der Waals surface area contributed by atoms with Gasteiger partial charge in [-0.2, -0.15) is 13.2 Å². The SMILES string of the molecule is Cc1cc(NC(=O)[C@H]2[C@H](c3ccc(F)c(C(F)(F)F)c3)C2(Cl)Cl)cc(CC(=O)Nc2cc(N)c(F)cc2F)c1Cl. The van der Waals surface area contributed by atoms with Gasteiger partial charge < -0.3 is 16.4 Å². The number of halogens is 9. The Morgan fingerprint density at radius 2 is 1.65 bits per heavy atom. The third-order valence-electron chi connectivity index (χ3n) is 6.30. The molecule has 1 saturated carbocycles. The Morgan fingerprint density at radius 1 is 0.975 bits per heavy atom. The summed E-state index contributed by atoms with van der Waals surface area (Å²) in [4.78, 5) is 25.6. The number of hydrogen-bond donors (Lipinski definition) is 3. The summed E-state index contributed by atoms with van der Waals surface area (Å²) in [5, 5.41) is 5.00. The second-order valence-electron chi connectivity index (χ2n) is 9.20.